The van der Waals surface area contributed by atoms with E-state index < -0.39 is 7.60 Å². The predicted molar refractivity (Wildman–Crippen MR) is 54.8 cm³/mol. The van der Waals surface area contributed by atoms with Gasteiger partial charge in [-0.1, -0.05) is 28.1 Å². The highest BCUT2D eigenvalue weighted by atomic mass is 79.9. The summed E-state index contributed by atoms with van der Waals surface area (Å²) < 4.78 is 11.5. The van der Waals surface area contributed by atoms with Gasteiger partial charge in [-0.05, 0) is 24.1 Å². The predicted octanol–water partition coefficient (Wildman–Crippen LogP) is 2.17. The van der Waals surface area contributed by atoms with Crippen LogP contribution in [0.1, 0.15) is 5.56 Å². The number of halogens is 1. The highest BCUT2D eigenvalue weighted by Gasteiger charge is 2.11. The molecule has 1 aromatic rings. The maximum Gasteiger partial charge on any atom is 0.325 e. The summed E-state index contributed by atoms with van der Waals surface area (Å²) in [7, 11) is -3.85. The third-order valence-corrected chi connectivity index (χ3v) is 2.94. The van der Waals surface area contributed by atoms with E-state index in [2.05, 4.69) is 15.9 Å². The van der Waals surface area contributed by atoms with E-state index in [1.54, 1.807) is 0 Å². The Hall–Kier alpha value is -0.150. The molecule has 3 nitrogen and oxygen atoms in total. The molecule has 0 spiro atoms. The Bertz CT molecular complexity index is 317. The molecule has 0 bridgehead atoms. The molecule has 13 heavy (non-hydrogen) atoms. The number of hydrogen-bond donors (Lipinski definition) is 2. The number of hydrogen-bond acceptors (Lipinski definition) is 1. The Morgan fingerprint density at radius 2 is 1.77 bits per heavy atom. The van der Waals surface area contributed by atoms with Crippen LogP contribution in [0.4, 0.5) is 0 Å². The molecular weight excluding hydrogens is 255 g/mol. The molecule has 2 N–H and O–H groups in total. The molecule has 0 atom stereocenters. The number of rotatable bonds is 3. The monoisotopic (exact) mass is 264 g/mol. The molecule has 0 aromatic heterocycles. The van der Waals surface area contributed by atoms with Crippen molar-refractivity contribution in [3.8, 4) is 0 Å². The molecule has 0 saturated heterocycles. The molecule has 0 saturated carbocycles. The maximum absolute atomic E-state index is 10.6. The fraction of sp³-hybridized carbons (Fsp3) is 0.250. The lowest BCUT2D eigenvalue weighted by Gasteiger charge is -2.03. The normalized spacial score (nSPS) is 11.6. The van der Waals surface area contributed by atoms with Crippen molar-refractivity contribution in [2.24, 2.45) is 0 Å². The first-order chi connectivity index (χ1) is 5.97. The van der Waals surface area contributed by atoms with E-state index in [0.29, 0.717) is 6.42 Å². The minimum Gasteiger partial charge on any atom is -0.324 e. The van der Waals surface area contributed by atoms with Crippen molar-refractivity contribution in [3.63, 3.8) is 0 Å². The molecule has 0 unspecified atom stereocenters. The maximum atomic E-state index is 10.6. The fourth-order valence-electron chi connectivity index (χ4n) is 0.926. The second-order valence-corrected chi connectivity index (χ2v) is 5.46. The molecule has 0 fully saturated rings. The second-order valence-electron chi connectivity index (χ2n) is 2.76. The molecule has 0 aliphatic rings. The molecule has 5 heteroatoms. The summed E-state index contributed by atoms with van der Waals surface area (Å²) in [4.78, 5) is 17.3. The van der Waals surface area contributed by atoms with Crippen molar-refractivity contribution >= 4 is 23.5 Å². The lowest BCUT2D eigenvalue weighted by Crippen LogP contribution is -1.93. The molecular formula is C8H10BrO3P. The van der Waals surface area contributed by atoms with Gasteiger partial charge in [0.15, 0.2) is 0 Å². The lowest BCUT2D eigenvalue weighted by atomic mass is 10.2. The topological polar surface area (TPSA) is 57.5 Å². The Kier molecular flexibility index (Phi) is 3.68. The molecule has 1 aromatic carbocycles. The quantitative estimate of drug-likeness (QED) is 0.823. The van der Waals surface area contributed by atoms with Gasteiger partial charge in [0.05, 0.1) is 6.16 Å². The first-order valence-corrected chi connectivity index (χ1v) is 6.35. The molecule has 0 aliphatic heterocycles. The van der Waals surface area contributed by atoms with Crippen LogP contribution < -0.4 is 0 Å². The van der Waals surface area contributed by atoms with E-state index in [0.717, 1.165) is 10.0 Å². The Balaban J connectivity index is 2.56. The Morgan fingerprint density at radius 1 is 1.23 bits per heavy atom. The van der Waals surface area contributed by atoms with Crippen LogP contribution in [0.3, 0.4) is 0 Å². The van der Waals surface area contributed by atoms with Gasteiger partial charge in [0.1, 0.15) is 0 Å². The number of benzene rings is 1. The zero-order chi connectivity index (χ0) is 9.90. The Labute approximate surface area is 85.1 Å². The number of aryl methyl sites for hydroxylation is 1. The summed E-state index contributed by atoms with van der Waals surface area (Å²) in [6, 6.07) is 7.41. The van der Waals surface area contributed by atoms with Gasteiger partial charge in [-0.3, -0.25) is 4.57 Å². The second kappa shape index (κ2) is 4.38. The van der Waals surface area contributed by atoms with Crippen LogP contribution in [-0.2, 0) is 11.0 Å². The van der Waals surface area contributed by atoms with Crippen LogP contribution in [0.5, 0.6) is 0 Å². The van der Waals surface area contributed by atoms with Gasteiger partial charge in [0.2, 0.25) is 0 Å². The van der Waals surface area contributed by atoms with Crippen molar-refractivity contribution in [2.45, 2.75) is 6.42 Å². The van der Waals surface area contributed by atoms with Gasteiger partial charge in [-0.25, -0.2) is 0 Å². The van der Waals surface area contributed by atoms with E-state index in [9.17, 15) is 4.57 Å². The van der Waals surface area contributed by atoms with E-state index in [-0.39, 0.29) is 6.16 Å². The van der Waals surface area contributed by atoms with Gasteiger partial charge in [-0.15, -0.1) is 0 Å². The van der Waals surface area contributed by atoms with Crippen LogP contribution in [0.15, 0.2) is 28.7 Å². The van der Waals surface area contributed by atoms with Crippen LogP contribution in [-0.4, -0.2) is 15.9 Å². The highest BCUT2D eigenvalue weighted by molar-refractivity contribution is 9.10. The van der Waals surface area contributed by atoms with Gasteiger partial charge in [0, 0.05) is 4.47 Å². The van der Waals surface area contributed by atoms with Crippen LogP contribution in [0, 0.1) is 0 Å². The van der Waals surface area contributed by atoms with Gasteiger partial charge < -0.3 is 9.79 Å². The summed E-state index contributed by atoms with van der Waals surface area (Å²) >= 11 is 3.28. The summed E-state index contributed by atoms with van der Waals surface area (Å²) in [5.74, 6) is 0. The lowest BCUT2D eigenvalue weighted by molar-refractivity contribution is 0.373. The molecule has 0 radical (unpaired) electrons. The van der Waals surface area contributed by atoms with Crippen LogP contribution in [0.25, 0.3) is 0 Å². The fourth-order valence-corrected chi connectivity index (χ4v) is 1.74. The van der Waals surface area contributed by atoms with Gasteiger partial charge in [0.25, 0.3) is 0 Å². The summed E-state index contributed by atoms with van der Waals surface area (Å²) in [5, 5.41) is 0. The molecule has 0 amide bonds. The molecule has 72 valence electrons. The van der Waals surface area contributed by atoms with E-state index >= 15 is 0 Å². The molecule has 1 rings (SSSR count). The smallest absolute Gasteiger partial charge is 0.324 e. The third-order valence-electron chi connectivity index (χ3n) is 1.61. The van der Waals surface area contributed by atoms with Crippen molar-refractivity contribution in [1.29, 1.82) is 0 Å². The van der Waals surface area contributed by atoms with E-state index in [1.165, 1.54) is 0 Å². The largest absolute Gasteiger partial charge is 0.325 e. The summed E-state index contributed by atoms with van der Waals surface area (Å²) in [6.45, 7) is 0. The standard InChI is InChI=1S/C8H10BrO3P/c9-8-3-1-7(2-4-8)5-6-13(10,11)12/h1-4H,5-6H2,(H2,10,11,12). The average molecular weight is 265 g/mol. The van der Waals surface area contributed by atoms with Crippen molar-refractivity contribution < 1.29 is 14.4 Å². The molecule has 0 aliphatic carbocycles. The van der Waals surface area contributed by atoms with Crippen LogP contribution in [0.2, 0.25) is 0 Å². The van der Waals surface area contributed by atoms with Crippen molar-refractivity contribution in [2.75, 3.05) is 6.16 Å². The highest BCUT2D eigenvalue weighted by Crippen LogP contribution is 2.34. The van der Waals surface area contributed by atoms with Gasteiger partial charge in [-0.2, -0.15) is 0 Å². The first kappa shape index (κ1) is 10.9. The summed E-state index contributed by atoms with van der Waals surface area (Å²) in [5.41, 5.74) is 0.937. The summed E-state index contributed by atoms with van der Waals surface area (Å²) in [6.07, 6.45) is 0.326. The van der Waals surface area contributed by atoms with Crippen LogP contribution >= 0.6 is 23.5 Å². The van der Waals surface area contributed by atoms with Crippen molar-refractivity contribution in [3.05, 3.63) is 34.3 Å². The van der Waals surface area contributed by atoms with E-state index in [4.69, 9.17) is 9.79 Å². The Morgan fingerprint density at radius 3 is 2.23 bits per heavy atom. The zero-order valence-corrected chi connectivity index (χ0v) is 9.33. The minimum atomic E-state index is -3.85. The third kappa shape index (κ3) is 4.58. The SMILES string of the molecule is O=P(O)(O)CCc1ccc(Br)cc1. The first-order valence-electron chi connectivity index (χ1n) is 3.76. The van der Waals surface area contributed by atoms with E-state index in [1.807, 2.05) is 24.3 Å². The van der Waals surface area contributed by atoms with Crippen molar-refractivity contribution in [1.82, 2.24) is 0 Å². The zero-order valence-electron chi connectivity index (χ0n) is 6.85. The molecule has 0 heterocycles. The van der Waals surface area contributed by atoms with Gasteiger partial charge >= 0.3 is 7.60 Å². The minimum absolute atomic E-state index is 0.0887. The average Bonchev–Trinajstić information content (AvgIpc) is 2.02.